The van der Waals surface area contributed by atoms with Gasteiger partial charge in [-0.25, -0.2) is 0 Å². The molecule has 0 heterocycles. The van der Waals surface area contributed by atoms with E-state index < -0.39 is 13.9 Å². The summed E-state index contributed by atoms with van der Waals surface area (Å²) in [7, 11) is -1.80. The van der Waals surface area contributed by atoms with E-state index in [1.807, 2.05) is 0 Å². The van der Waals surface area contributed by atoms with Gasteiger partial charge in [-0.1, -0.05) is 12.1 Å². The number of carboxylic acid groups (broad SMARTS) is 1. The first kappa shape index (κ1) is 10.8. The van der Waals surface area contributed by atoms with Crippen LogP contribution in [0.3, 0.4) is 0 Å². The van der Waals surface area contributed by atoms with Crippen LogP contribution in [0.15, 0.2) is 24.3 Å². The molecule has 1 atom stereocenters. The highest BCUT2D eigenvalue weighted by atomic mass is 31.1. The number of carbonyl (C=O) groups is 1. The lowest BCUT2D eigenvalue weighted by Gasteiger charge is -1.96. The van der Waals surface area contributed by atoms with E-state index >= 15 is 0 Å². The number of benzene rings is 1. The third kappa shape index (κ3) is 3.24. The van der Waals surface area contributed by atoms with Crippen molar-refractivity contribution in [3.05, 3.63) is 29.8 Å². The topological polar surface area (TPSA) is 80.4 Å². The molecule has 5 heteroatoms. The highest BCUT2D eigenvalue weighted by molar-refractivity contribution is 7.50. The van der Waals surface area contributed by atoms with Gasteiger partial charge < -0.3 is 5.11 Å². The minimum absolute atomic E-state index is 0.105. The van der Waals surface area contributed by atoms with E-state index in [4.69, 9.17) is 10.6 Å². The average Bonchev–Trinajstić information content (AvgIpc) is 2.15. The Morgan fingerprint density at radius 1 is 1.36 bits per heavy atom. The van der Waals surface area contributed by atoms with Crippen molar-refractivity contribution in [3.63, 3.8) is 0 Å². The molecule has 0 aliphatic rings. The third-order valence-corrected chi connectivity index (χ3v) is 2.63. The number of rotatable bonds is 4. The van der Waals surface area contributed by atoms with Crippen LogP contribution in [0.1, 0.15) is 12.0 Å². The molecule has 0 saturated heterocycles. The lowest BCUT2D eigenvalue weighted by Crippen LogP contribution is -2.02. The first-order valence-electron chi connectivity index (χ1n) is 4.12. The molecule has 0 radical (unpaired) electrons. The average molecular weight is 212 g/mol. The number of aryl methyl sites for hydroxylation is 1. The van der Waals surface area contributed by atoms with Crippen molar-refractivity contribution in [1.82, 2.24) is 0 Å². The molecule has 0 fully saturated rings. The Labute approximate surface area is 82.6 Å². The van der Waals surface area contributed by atoms with Crippen LogP contribution in [0.5, 0.6) is 0 Å². The van der Waals surface area contributed by atoms with Gasteiger partial charge in [0.15, 0.2) is 0 Å². The minimum atomic E-state index is -1.80. The third-order valence-electron chi connectivity index (χ3n) is 1.82. The first-order valence-corrected chi connectivity index (χ1v) is 5.45. The van der Waals surface area contributed by atoms with Crippen molar-refractivity contribution in [2.75, 3.05) is 0 Å². The maximum absolute atomic E-state index is 10.9. The zero-order valence-corrected chi connectivity index (χ0v) is 8.41. The molecule has 1 unspecified atom stereocenters. The zero-order chi connectivity index (χ0) is 10.6. The normalized spacial score (nSPS) is 11.1. The summed E-state index contributed by atoms with van der Waals surface area (Å²) < 4.78 is 10.9. The summed E-state index contributed by atoms with van der Waals surface area (Å²) in [4.78, 5) is 10.3. The Morgan fingerprint density at radius 2 is 1.93 bits per heavy atom. The molecule has 1 aromatic carbocycles. The second-order valence-corrected chi connectivity index (χ2v) is 4.05. The van der Waals surface area contributed by atoms with Gasteiger partial charge in [0, 0.05) is 6.42 Å². The maximum Gasteiger partial charge on any atom is 0.468 e. The van der Waals surface area contributed by atoms with Crippen molar-refractivity contribution in [3.8, 4) is 0 Å². The van der Waals surface area contributed by atoms with Crippen LogP contribution in [0.2, 0.25) is 0 Å². The Bertz CT molecular complexity index is 348. The van der Waals surface area contributed by atoms with Crippen LogP contribution in [0.4, 0.5) is 0 Å². The van der Waals surface area contributed by atoms with Gasteiger partial charge in [0.2, 0.25) is 5.30 Å². The van der Waals surface area contributed by atoms with Gasteiger partial charge in [0.05, 0.1) is 0 Å². The molecule has 0 saturated carbocycles. The Balaban J connectivity index is 2.64. The van der Waals surface area contributed by atoms with Crippen LogP contribution in [0, 0.1) is 0 Å². The van der Waals surface area contributed by atoms with E-state index in [9.17, 15) is 9.36 Å². The highest BCUT2D eigenvalue weighted by Crippen LogP contribution is 2.10. The number of aliphatic carboxylic acids is 1. The van der Waals surface area contributed by atoms with Gasteiger partial charge >= 0.3 is 13.9 Å². The predicted octanol–water partition coefficient (Wildman–Crippen LogP) is 1.03. The standard InChI is InChI=1S/C9H10NO3P/c10-14(13)8-4-1-7(2-5-8)3-6-9(11)12/h1-2,4-5H,3,6H2,(H2-,10,11,12,13)/p+1. The van der Waals surface area contributed by atoms with E-state index in [-0.39, 0.29) is 6.42 Å². The van der Waals surface area contributed by atoms with E-state index in [1.165, 1.54) is 0 Å². The molecule has 0 aliphatic carbocycles. The summed E-state index contributed by atoms with van der Waals surface area (Å²) in [5.41, 5.74) is 6.11. The van der Waals surface area contributed by atoms with Crippen molar-refractivity contribution in [2.45, 2.75) is 12.8 Å². The molecule has 3 N–H and O–H groups in total. The van der Waals surface area contributed by atoms with Gasteiger partial charge in [0.1, 0.15) is 0 Å². The number of nitrogens with two attached hydrogens (primary N) is 1. The van der Waals surface area contributed by atoms with Crippen LogP contribution < -0.4 is 10.8 Å². The summed E-state index contributed by atoms with van der Waals surface area (Å²) in [6.07, 6.45) is 0.588. The molecular formula is C9H11NO3P+. The molecule has 0 spiro atoms. The summed E-state index contributed by atoms with van der Waals surface area (Å²) in [6, 6.07) is 6.82. The zero-order valence-electron chi connectivity index (χ0n) is 7.51. The number of carboxylic acids is 1. The second kappa shape index (κ2) is 4.84. The SMILES string of the molecule is N[P+](=O)c1ccc(CCC(=O)O)cc1. The molecule has 0 aromatic heterocycles. The molecule has 1 rings (SSSR count). The van der Waals surface area contributed by atoms with Crippen LogP contribution in [-0.4, -0.2) is 11.1 Å². The van der Waals surface area contributed by atoms with E-state index in [2.05, 4.69) is 0 Å². The fourth-order valence-electron chi connectivity index (χ4n) is 1.06. The minimum Gasteiger partial charge on any atom is -0.481 e. The molecule has 0 aliphatic heterocycles. The van der Waals surface area contributed by atoms with Crippen LogP contribution in [0.25, 0.3) is 0 Å². The molecule has 1 aromatic rings. The van der Waals surface area contributed by atoms with Crippen molar-refractivity contribution in [2.24, 2.45) is 5.50 Å². The fourth-order valence-corrected chi connectivity index (χ4v) is 1.50. The van der Waals surface area contributed by atoms with Crippen molar-refractivity contribution in [1.29, 1.82) is 0 Å². The van der Waals surface area contributed by atoms with E-state index in [0.29, 0.717) is 11.7 Å². The molecule has 0 bridgehead atoms. The van der Waals surface area contributed by atoms with Crippen molar-refractivity contribution < 1.29 is 14.5 Å². The molecule has 14 heavy (non-hydrogen) atoms. The number of hydrogen-bond donors (Lipinski definition) is 2. The summed E-state index contributed by atoms with van der Waals surface area (Å²) in [6.45, 7) is 0. The highest BCUT2D eigenvalue weighted by Gasteiger charge is 2.11. The van der Waals surface area contributed by atoms with Gasteiger partial charge in [-0.3, -0.25) is 4.79 Å². The number of hydrogen-bond acceptors (Lipinski definition) is 2. The Hall–Kier alpha value is -1.25. The molecule has 4 nitrogen and oxygen atoms in total. The van der Waals surface area contributed by atoms with Gasteiger partial charge in [-0.2, -0.15) is 0 Å². The summed E-state index contributed by atoms with van der Waals surface area (Å²) in [5.74, 6) is -0.820. The quantitative estimate of drug-likeness (QED) is 0.730. The smallest absolute Gasteiger partial charge is 0.468 e. The summed E-state index contributed by atoms with van der Waals surface area (Å²) >= 11 is 0. The Kier molecular flexibility index (Phi) is 3.74. The molecular weight excluding hydrogens is 201 g/mol. The fraction of sp³-hybridized carbons (Fsp3) is 0.222. The first-order chi connectivity index (χ1) is 6.59. The second-order valence-electron chi connectivity index (χ2n) is 2.89. The lowest BCUT2D eigenvalue weighted by molar-refractivity contribution is -0.136. The monoisotopic (exact) mass is 212 g/mol. The molecule has 0 amide bonds. The van der Waals surface area contributed by atoms with E-state index in [1.54, 1.807) is 24.3 Å². The van der Waals surface area contributed by atoms with Gasteiger partial charge in [-0.05, 0) is 28.7 Å². The largest absolute Gasteiger partial charge is 0.481 e. The van der Waals surface area contributed by atoms with Gasteiger partial charge in [-0.15, -0.1) is 5.50 Å². The maximum atomic E-state index is 10.9. The lowest BCUT2D eigenvalue weighted by atomic mass is 10.1. The molecule has 74 valence electrons. The van der Waals surface area contributed by atoms with E-state index in [0.717, 1.165) is 5.56 Å². The van der Waals surface area contributed by atoms with Crippen molar-refractivity contribution >= 4 is 19.2 Å². The van der Waals surface area contributed by atoms with Gasteiger partial charge in [0.25, 0.3) is 0 Å². The summed E-state index contributed by atoms with van der Waals surface area (Å²) in [5, 5.41) is 9.03. The Morgan fingerprint density at radius 3 is 2.36 bits per heavy atom. The van der Waals surface area contributed by atoms with Crippen LogP contribution >= 0.6 is 7.95 Å². The van der Waals surface area contributed by atoms with Crippen LogP contribution in [-0.2, 0) is 15.8 Å². The predicted molar refractivity (Wildman–Crippen MR) is 53.8 cm³/mol.